The molecule has 5 heteroatoms. The van der Waals surface area contributed by atoms with Crippen molar-refractivity contribution in [3.05, 3.63) is 34.9 Å². The van der Waals surface area contributed by atoms with Crippen LogP contribution in [-0.4, -0.2) is 29.8 Å². The molecule has 4 nitrogen and oxygen atoms in total. The Hall–Kier alpha value is -1.26. The topological polar surface area (TPSA) is 61.4 Å². The summed E-state index contributed by atoms with van der Waals surface area (Å²) < 4.78 is 0. The quantitative estimate of drug-likeness (QED) is 0.774. The molecule has 0 aromatic heterocycles. The van der Waals surface area contributed by atoms with Crippen molar-refractivity contribution in [2.45, 2.75) is 31.3 Å². The Bertz CT molecular complexity index is 430. The minimum Gasteiger partial charge on any atom is -0.388 e. The van der Waals surface area contributed by atoms with E-state index in [-0.39, 0.29) is 6.03 Å². The third kappa shape index (κ3) is 4.40. The van der Waals surface area contributed by atoms with Crippen molar-refractivity contribution in [3.63, 3.8) is 0 Å². The molecule has 0 radical (unpaired) electrons. The van der Waals surface area contributed by atoms with Gasteiger partial charge in [-0.05, 0) is 43.4 Å². The van der Waals surface area contributed by atoms with Crippen LogP contribution in [0.4, 0.5) is 4.79 Å². The van der Waals surface area contributed by atoms with E-state index in [4.69, 9.17) is 11.6 Å². The summed E-state index contributed by atoms with van der Waals surface area (Å²) in [5.74, 6) is 0. The molecular weight excluding hydrogens is 264 g/mol. The van der Waals surface area contributed by atoms with Crippen LogP contribution in [0, 0.1) is 0 Å². The molecule has 0 unspecified atom stereocenters. The SMILES string of the molecule is O=C(NCCc1ccc(Cl)cc1)NCC1(O)CCC1. The largest absolute Gasteiger partial charge is 0.388 e. The van der Waals surface area contributed by atoms with Gasteiger partial charge in [-0.3, -0.25) is 0 Å². The Balaban J connectivity index is 1.62. The highest BCUT2D eigenvalue weighted by Gasteiger charge is 2.34. The smallest absolute Gasteiger partial charge is 0.314 e. The number of carbonyl (C=O) groups excluding carboxylic acids is 1. The number of benzene rings is 1. The minimum absolute atomic E-state index is 0.228. The molecule has 0 aliphatic heterocycles. The molecular formula is C14H19ClN2O2. The molecule has 2 rings (SSSR count). The standard InChI is InChI=1S/C14H19ClN2O2/c15-12-4-2-11(3-5-12)6-9-16-13(18)17-10-14(19)7-1-8-14/h2-5,19H,1,6-10H2,(H2,16,17,18). The van der Waals surface area contributed by atoms with Crippen LogP contribution in [0.3, 0.4) is 0 Å². The van der Waals surface area contributed by atoms with Gasteiger partial charge in [0.2, 0.25) is 0 Å². The fourth-order valence-electron chi connectivity index (χ4n) is 2.04. The van der Waals surface area contributed by atoms with E-state index in [0.29, 0.717) is 18.1 Å². The van der Waals surface area contributed by atoms with Crippen LogP contribution in [0.25, 0.3) is 0 Å². The predicted molar refractivity (Wildman–Crippen MR) is 75.4 cm³/mol. The summed E-state index contributed by atoms with van der Waals surface area (Å²) in [6, 6.07) is 7.33. The average Bonchev–Trinajstić information content (AvgIpc) is 2.36. The molecule has 1 aliphatic carbocycles. The van der Waals surface area contributed by atoms with Crippen LogP contribution in [0.15, 0.2) is 24.3 Å². The van der Waals surface area contributed by atoms with E-state index in [0.717, 1.165) is 31.2 Å². The van der Waals surface area contributed by atoms with Crippen LogP contribution in [0.2, 0.25) is 5.02 Å². The fraction of sp³-hybridized carbons (Fsp3) is 0.500. The van der Waals surface area contributed by atoms with Crippen LogP contribution < -0.4 is 10.6 Å². The molecule has 1 fully saturated rings. The summed E-state index contributed by atoms with van der Waals surface area (Å²) >= 11 is 5.80. The number of halogens is 1. The van der Waals surface area contributed by atoms with Gasteiger partial charge in [0.05, 0.1) is 5.60 Å². The molecule has 0 spiro atoms. The van der Waals surface area contributed by atoms with E-state index < -0.39 is 5.60 Å². The maximum absolute atomic E-state index is 11.5. The molecule has 1 aliphatic rings. The van der Waals surface area contributed by atoms with Crippen molar-refractivity contribution < 1.29 is 9.90 Å². The van der Waals surface area contributed by atoms with Crippen LogP contribution >= 0.6 is 11.6 Å². The summed E-state index contributed by atoms with van der Waals surface area (Å²) in [5.41, 5.74) is 0.454. The Kier molecular flexibility index (Phi) is 4.66. The number of rotatable bonds is 5. The van der Waals surface area contributed by atoms with E-state index >= 15 is 0 Å². The first-order valence-electron chi connectivity index (χ1n) is 6.56. The van der Waals surface area contributed by atoms with E-state index in [2.05, 4.69) is 10.6 Å². The highest BCUT2D eigenvalue weighted by atomic mass is 35.5. The van der Waals surface area contributed by atoms with Gasteiger partial charge in [0.25, 0.3) is 0 Å². The van der Waals surface area contributed by atoms with Crippen molar-refractivity contribution in [1.82, 2.24) is 10.6 Å². The second kappa shape index (κ2) is 6.26. The minimum atomic E-state index is -0.673. The summed E-state index contributed by atoms with van der Waals surface area (Å²) in [6.07, 6.45) is 3.35. The Labute approximate surface area is 118 Å². The van der Waals surface area contributed by atoms with Gasteiger partial charge in [-0.25, -0.2) is 4.79 Å². The lowest BCUT2D eigenvalue weighted by Gasteiger charge is -2.36. The number of hydrogen-bond acceptors (Lipinski definition) is 2. The zero-order valence-electron chi connectivity index (χ0n) is 10.8. The molecule has 3 N–H and O–H groups in total. The number of carbonyl (C=O) groups is 1. The maximum atomic E-state index is 11.5. The number of urea groups is 1. The van der Waals surface area contributed by atoms with Gasteiger partial charge in [-0.1, -0.05) is 23.7 Å². The van der Waals surface area contributed by atoms with Gasteiger partial charge in [-0.15, -0.1) is 0 Å². The Morgan fingerprint density at radius 1 is 1.26 bits per heavy atom. The van der Waals surface area contributed by atoms with Crippen LogP contribution in [-0.2, 0) is 6.42 Å². The van der Waals surface area contributed by atoms with Gasteiger partial charge < -0.3 is 15.7 Å². The molecule has 1 saturated carbocycles. The van der Waals surface area contributed by atoms with Crippen LogP contribution in [0.5, 0.6) is 0 Å². The van der Waals surface area contributed by atoms with E-state index in [1.807, 2.05) is 24.3 Å². The number of amides is 2. The van der Waals surface area contributed by atoms with Gasteiger partial charge >= 0.3 is 6.03 Å². The van der Waals surface area contributed by atoms with Crippen molar-refractivity contribution in [3.8, 4) is 0 Å². The molecule has 19 heavy (non-hydrogen) atoms. The van der Waals surface area contributed by atoms with E-state index in [1.54, 1.807) is 0 Å². The van der Waals surface area contributed by atoms with Gasteiger partial charge in [0.1, 0.15) is 0 Å². The molecule has 104 valence electrons. The highest BCUT2D eigenvalue weighted by Crippen LogP contribution is 2.30. The summed E-state index contributed by atoms with van der Waals surface area (Å²) in [6.45, 7) is 0.895. The molecule has 0 atom stereocenters. The van der Waals surface area contributed by atoms with Crippen LogP contribution in [0.1, 0.15) is 24.8 Å². The van der Waals surface area contributed by atoms with Gasteiger partial charge in [0.15, 0.2) is 0 Å². The molecule has 1 aromatic rings. The summed E-state index contributed by atoms with van der Waals surface area (Å²) in [5, 5.41) is 16.0. The van der Waals surface area contributed by atoms with Gasteiger partial charge in [0, 0.05) is 18.1 Å². The molecule has 1 aromatic carbocycles. The predicted octanol–water partition coefficient (Wildman–Crippen LogP) is 2.10. The third-order valence-corrected chi connectivity index (χ3v) is 3.73. The Morgan fingerprint density at radius 2 is 1.95 bits per heavy atom. The molecule has 0 bridgehead atoms. The molecule has 2 amide bonds. The zero-order chi connectivity index (χ0) is 13.7. The summed E-state index contributed by atoms with van der Waals surface area (Å²) in [7, 11) is 0. The van der Waals surface area contributed by atoms with Crippen molar-refractivity contribution in [2.75, 3.05) is 13.1 Å². The second-order valence-corrected chi connectivity index (χ2v) is 5.50. The Morgan fingerprint density at radius 3 is 2.53 bits per heavy atom. The van der Waals surface area contributed by atoms with E-state index in [1.165, 1.54) is 0 Å². The number of nitrogens with one attached hydrogen (secondary N) is 2. The first-order valence-corrected chi connectivity index (χ1v) is 6.94. The van der Waals surface area contributed by atoms with Crippen molar-refractivity contribution >= 4 is 17.6 Å². The summed E-state index contributed by atoms with van der Waals surface area (Å²) in [4.78, 5) is 11.5. The lowest BCUT2D eigenvalue weighted by atomic mass is 9.80. The first kappa shape index (κ1) is 14.2. The lowest BCUT2D eigenvalue weighted by Crippen LogP contribution is -2.50. The number of hydrogen-bond donors (Lipinski definition) is 3. The second-order valence-electron chi connectivity index (χ2n) is 5.06. The fourth-order valence-corrected chi connectivity index (χ4v) is 2.17. The van der Waals surface area contributed by atoms with Crippen molar-refractivity contribution in [1.29, 1.82) is 0 Å². The first-order chi connectivity index (χ1) is 9.07. The molecule has 0 saturated heterocycles. The maximum Gasteiger partial charge on any atom is 0.314 e. The number of aliphatic hydroxyl groups is 1. The normalized spacial score (nSPS) is 16.5. The average molecular weight is 283 g/mol. The van der Waals surface area contributed by atoms with Gasteiger partial charge in [-0.2, -0.15) is 0 Å². The highest BCUT2D eigenvalue weighted by molar-refractivity contribution is 6.30. The monoisotopic (exact) mass is 282 g/mol. The van der Waals surface area contributed by atoms with Crippen molar-refractivity contribution in [2.24, 2.45) is 0 Å². The third-order valence-electron chi connectivity index (χ3n) is 3.47. The van der Waals surface area contributed by atoms with E-state index in [9.17, 15) is 9.90 Å². The zero-order valence-corrected chi connectivity index (χ0v) is 11.5. The molecule has 0 heterocycles. The lowest BCUT2D eigenvalue weighted by molar-refractivity contribution is -0.0290.